The lowest BCUT2D eigenvalue weighted by molar-refractivity contribution is -0.208. The van der Waals surface area contributed by atoms with Gasteiger partial charge in [-0.1, -0.05) is 29.8 Å². The van der Waals surface area contributed by atoms with E-state index in [1.165, 1.54) is 12.1 Å². The van der Waals surface area contributed by atoms with Crippen LogP contribution in [-0.4, -0.2) is 36.4 Å². The Morgan fingerprint density at radius 3 is 2.71 bits per heavy atom. The third kappa shape index (κ3) is 2.74. The van der Waals surface area contributed by atoms with Crippen molar-refractivity contribution in [3.05, 3.63) is 34.9 Å². The Bertz CT molecular complexity index is 538. The average Bonchev–Trinajstić information content (AvgIpc) is 2.45. The molecule has 0 saturated carbocycles. The van der Waals surface area contributed by atoms with E-state index in [9.17, 15) is 18.0 Å². The lowest BCUT2D eigenvalue weighted by Crippen LogP contribution is -2.57. The topological polar surface area (TPSA) is 35.5 Å². The third-order valence-electron chi connectivity index (χ3n) is 3.16. The van der Waals surface area contributed by atoms with Gasteiger partial charge in [0.05, 0.1) is 13.7 Å². The zero-order chi connectivity index (χ0) is 15.7. The first-order valence-corrected chi connectivity index (χ1v) is 7.36. The number of thioether (sulfide) groups is 1. The molecule has 0 N–H and O–H groups in total. The summed E-state index contributed by atoms with van der Waals surface area (Å²) < 4.78 is 47.8. The zero-order valence-corrected chi connectivity index (χ0v) is 12.5. The summed E-state index contributed by atoms with van der Waals surface area (Å²) in [6.45, 7) is 0.0926. The van der Waals surface area contributed by atoms with Crippen LogP contribution in [0.15, 0.2) is 24.3 Å². The maximum absolute atomic E-state index is 13.7. The number of hydrogen-bond donors (Lipinski definition) is 0. The molecule has 0 amide bonds. The number of methoxy groups -OCH3 is 1. The molecule has 21 heavy (non-hydrogen) atoms. The Balaban J connectivity index is 2.60. The molecule has 0 aliphatic carbocycles. The van der Waals surface area contributed by atoms with Crippen LogP contribution in [0, 0.1) is 0 Å². The third-order valence-corrected chi connectivity index (χ3v) is 4.95. The van der Waals surface area contributed by atoms with E-state index in [0.717, 1.165) is 7.11 Å². The molecule has 0 radical (unpaired) electrons. The summed E-state index contributed by atoms with van der Waals surface area (Å²) in [5.41, 5.74) is 0.120. The molecule has 0 bridgehead atoms. The van der Waals surface area contributed by atoms with Crippen LogP contribution in [-0.2, 0) is 14.3 Å². The van der Waals surface area contributed by atoms with Gasteiger partial charge in [-0.2, -0.15) is 13.2 Å². The number of ether oxygens (including phenoxy) is 2. The van der Waals surface area contributed by atoms with Crippen LogP contribution in [0.3, 0.4) is 0 Å². The molecule has 1 heterocycles. The Labute approximate surface area is 128 Å². The van der Waals surface area contributed by atoms with Gasteiger partial charge in [0.25, 0.3) is 0 Å². The number of hydrogen-bond acceptors (Lipinski definition) is 4. The fourth-order valence-electron chi connectivity index (χ4n) is 2.22. The summed E-state index contributed by atoms with van der Waals surface area (Å²) in [7, 11) is 0.925. The van der Waals surface area contributed by atoms with E-state index in [1.807, 2.05) is 0 Å². The molecular formula is C13H12ClF3O3S. The Morgan fingerprint density at radius 1 is 1.48 bits per heavy atom. The van der Waals surface area contributed by atoms with Crippen LogP contribution in [0.4, 0.5) is 13.2 Å². The molecule has 1 aromatic rings. The Kier molecular flexibility index (Phi) is 4.75. The first-order valence-electron chi connectivity index (χ1n) is 5.99. The molecule has 1 fully saturated rings. The van der Waals surface area contributed by atoms with E-state index in [1.54, 1.807) is 12.1 Å². The number of carbonyl (C=O) groups excluding carboxylic acids is 1. The number of carbonyl (C=O) groups is 1. The maximum atomic E-state index is 13.7. The van der Waals surface area contributed by atoms with Gasteiger partial charge in [-0.3, -0.25) is 4.79 Å². The van der Waals surface area contributed by atoms with Crippen molar-refractivity contribution in [1.29, 1.82) is 0 Å². The van der Waals surface area contributed by atoms with Crippen molar-refractivity contribution in [2.24, 2.45) is 0 Å². The quantitative estimate of drug-likeness (QED) is 0.770. The van der Waals surface area contributed by atoms with Gasteiger partial charge in [-0.05, 0) is 6.07 Å². The molecule has 0 aromatic heterocycles. The van der Waals surface area contributed by atoms with E-state index in [4.69, 9.17) is 16.3 Å². The van der Waals surface area contributed by atoms with E-state index >= 15 is 0 Å². The summed E-state index contributed by atoms with van der Waals surface area (Å²) in [5.74, 6) is -1.35. The summed E-state index contributed by atoms with van der Waals surface area (Å²) in [4.78, 5) is 11.9. The van der Waals surface area contributed by atoms with Crippen LogP contribution in [0.5, 0.6) is 0 Å². The van der Waals surface area contributed by atoms with Crippen molar-refractivity contribution in [2.75, 3.05) is 19.5 Å². The van der Waals surface area contributed by atoms with E-state index in [0.29, 0.717) is 11.8 Å². The number of rotatable bonds is 2. The van der Waals surface area contributed by atoms with Crippen LogP contribution in [0.2, 0.25) is 5.02 Å². The van der Waals surface area contributed by atoms with Crippen LogP contribution >= 0.6 is 23.4 Å². The number of esters is 1. The van der Waals surface area contributed by atoms with Crippen LogP contribution in [0.1, 0.15) is 11.7 Å². The van der Waals surface area contributed by atoms with Crippen molar-refractivity contribution < 1.29 is 27.4 Å². The molecule has 1 aliphatic rings. The summed E-state index contributed by atoms with van der Waals surface area (Å²) in [6.07, 6.45) is -6.38. The SMILES string of the molecule is COC(=O)[C@@]1(C(F)(F)F)SCCO[C@@H]1c1ccccc1Cl. The van der Waals surface area contributed by atoms with Crippen molar-refractivity contribution in [1.82, 2.24) is 0 Å². The van der Waals surface area contributed by atoms with E-state index in [2.05, 4.69) is 4.74 Å². The Morgan fingerprint density at radius 2 is 2.14 bits per heavy atom. The van der Waals surface area contributed by atoms with Gasteiger partial charge in [-0.15, -0.1) is 11.8 Å². The molecule has 1 aliphatic heterocycles. The van der Waals surface area contributed by atoms with Gasteiger partial charge < -0.3 is 9.47 Å². The molecule has 1 aromatic carbocycles. The van der Waals surface area contributed by atoms with Gasteiger partial charge in [-0.25, -0.2) is 0 Å². The second-order valence-corrected chi connectivity index (χ2v) is 6.09. The first-order chi connectivity index (χ1) is 9.84. The lowest BCUT2D eigenvalue weighted by Gasteiger charge is -2.42. The second-order valence-electron chi connectivity index (χ2n) is 4.35. The minimum Gasteiger partial charge on any atom is -0.468 e. The van der Waals surface area contributed by atoms with Gasteiger partial charge in [0.1, 0.15) is 6.10 Å². The molecule has 8 heteroatoms. The van der Waals surface area contributed by atoms with Gasteiger partial charge in [0.15, 0.2) is 0 Å². The monoisotopic (exact) mass is 340 g/mol. The highest BCUT2D eigenvalue weighted by molar-refractivity contribution is 8.01. The van der Waals surface area contributed by atoms with Gasteiger partial charge >= 0.3 is 12.1 Å². The Hall–Kier alpha value is -0.920. The summed E-state index contributed by atoms with van der Waals surface area (Å²) in [5, 5.41) is 0.113. The van der Waals surface area contributed by atoms with Gasteiger partial charge in [0.2, 0.25) is 4.75 Å². The summed E-state index contributed by atoms with van der Waals surface area (Å²) >= 11 is 6.45. The van der Waals surface area contributed by atoms with Crippen molar-refractivity contribution >= 4 is 29.3 Å². The predicted octanol–water partition coefficient (Wildman–Crippen LogP) is 3.62. The van der Waals surface area contributed by atoms with Crippen LogP contribution in [0.25, 0.3) is 0 Å². The van der Waals surface area contributed by atoms with Crippen molar-refractivity contribution in [2.45, 2.75) is 17.0 Å². The minimum absolute atomic E-state index is 0.0373. The number of benzene rings is 1. The largest absolute Gasteiger partial charge is 0.468 e. The maximum Gasteiger partial charge on any atom is 0.416 e. The summed E-state index contributed by atoms with van der Waals surface area (Å²) in [6, 6.07) is 6.01. The molecule has 3 nitrogen and oxygen atoms in total. The van der Waals surface area contributed by atoms with Gasteiger partial charge in [0, 0.05) is 16.3 Å². The minimum atomic E-state index is -4.84. The van der Waals surface area contributed by atoms with Crippen LogP contribution < -0.4 is 0 Å². The van der Waals surface area contributed by atoms with Crippen molar-refractivity contribution in [3.8, 4) is 0 Å². The smallest absolute Gasteiger partial charge is 0.416 e. The average molecular weight is 341 g/mol. The molecule has 116 valence electrons. The highest BCUT2D eigenvalue weighted by atomic mass is 35.5. The molecule has 2 rings (SSSR count). The van der Waals surface area contributed by atoms with Crippen molar-refractivity contribution in [3.63, 3.8) is 0 Å². The molecule has 2 atom stereocenters. The number of alkyl halides is 3. The zero-order valence-electron chi connectivity index (χ0n) is 10.9. The first kappa shape index (κ1) is 16.5. The predicted molar refractivity (Wildman–Crippen MR) is 73.4 cm³/mol. The van der Waals surface area contributed by atoms with E-state index < -0.39 is 23.0 Å². The molecular weight excluding hydrogens is 329 g/mol. The molecule has 0 spiro atoms. The fourth-order valence-corrected chi connectivity index (χ4v) is 3.67. The molecule has 1 saturated heterocycles. The lowest BCUT2D eigenvalue weighted by atomic mass is 9.93. The fraction of sp³-hybridized carbons (Fsp3) is 0.462. The highest BCUT2D eigenvalue weighted by Gasteiger charge is 2.68. The number of halogens is 4. The second kappa shape index (κ2) is 6.06. The highest BCUT2D eigenvalue weighted by Crippen LogP contribution is 2.54. The normalized spacial score (nSPS) is 26.4. The standard InChI is InChI=1S/C13H12ClF3O3S/c1-19-11(18)12(13(15,16)17)10(20-6-7-21-12)8-4-2-3-5-9(8)14/h2-5,10H,6-7H2,1H3/t10-,12+/m1/s1. The molecule has 0 unspecified atom stereocenters. The van der Waals surface area contributed by atoms with E-state index in [-0.39, 0.29) is 22.9 Å².